The number of hydrogen-bond donors (Lipinski definition) is 1. The van der Waals surface area contributed by atoms with Crippen LogP contribution in [0.15, 0.2) is 118 Å². The molecule has 1 atom stereocenters. The van der Waals surface area contributed by atoms with Gasteiger partial charge in [-0.15, -0.1) is 0 Å². The highest BCUT2D eigenvalue weighted by molar-refractivity contribution is 8.03. The van der Waals surface area contributed by atoms with Crippen LogP contribution in [-0.2, 0) is 10.8 Å². The summed E-state index contributed by atoms with van der Waals surface area (Å²) in [7, 11) is 4.09. The van der Waals surface area contributed by atoms with E-state index in [-0.39, 0.29) is 11.0 Å². The Morgan fingerprint density at radius 1 is 0.917 bits per heavy atom. The number of carboxylic acids is 2. The Bertz CT molecular complexity index is 2000. The fourth-order valence-corrected chi connectivity index (χ4v) is 8.63. The van der Waals surface area contributed by atoms with E-state index in [0.29, 0.717) is 11.5 Å². The summed E-state index contributed by atoms with van der Waals surface area (Å²) >= 11 is 1.79. The van der Waals surface area contributed by atoms with Crippen molar-refractivity contribution in [2.75, 3.05) is 19.0 Å². The SMILES string of the molecule is CC1CC(=CC=C2N(C)c3ccc(C(=O)O)cc3C2(C)C)C(Sc2ccccc2)=C(C=CC2=[N+](C)c3ccc(C(=O)[O-])cc3C2(C)C)C1. The Balaban J connectivity index is 1.43. The number of benzene rings is 3. The lowest BCUT2D eigenvalue weighted by Crippen LogP contribution is -2.27. The Morgan fingerprint density at radius 2 is 1.60 bits per heavy atom. The molecule has 2 aliphatic heterocycles. The van der Waals surface area contributed by atoms with E-state index in [0.717, 1.165) is 46.8 Å². The van der Waals surface area contributed by atoms with Crippen molar-refractivity contribution in [3.05, 3.63) is 135 Å². The highest BCUT2D eigenvalue weighted by atomic mass is 32.2. The van der Waals surface area contributed by atoms with Gasteiger partial charge in [-0.3, -0.25) is 0 Å². The average Bonchev–Trinajstić information content (AvgIpc) is 3.36. The number of carbonyl (C=O) groups excluding carboxylic acids is 1. The second kappa shape index (κ2) is 12.4. The summed E-state index contributed by atoms with van der Waals surface area (Å²) in [6, 6.07) is 21.1. The first-order valence-corrected chi connectivity index (χ1v) is 17.2. The van der Waals surface area contributed by atoms with Gasteiger partial charge in [0.05, 0.1) is 16.9 Å². The standard InChI is InChI=1S/C41H42N2O4S/c1-25-21-26(15-19-35-40(2,3)31-23-28(38(44)45)13-17-33(31)42(35)6)37(48-30-11-9-8-10-12-30)27(22-25)16-20-36-41(4,5)32-24-29(39(46)47)14-18-34(32)43(36)7/h8-20,23-25H,21-22H2,1-7H3,(H-,44,45,46,47). The van der Waals surface area contributed by atoms with Gasteiger partial charge in [0.15, 0.2) is 5.71 Å². The maximum atomic E-state index is 11.8. The van der Waals surface area contributed by atoms with Crippen molar-refractivity contribution in [3.63, 3.8) is 0 Å². The summed E-state index contributed by atoms with van der Waals surface area (Å²) < 4.78 is 2.16. The second-order valence-electron chi connectivity index (χ2n) is 14.2. The van der Waals surface area contributed by atoms with E-state index >= 15 is 0 Å². The molecule has 0 spiro atoms. The number of aromatic carboxylic acids is 2. The molecule has 0 radical (unpaired) electrons. The number of rotatable bonds is 7. The Kier molecular flexibility index (Phi) is 8.63. The minimum absolute atomic E-state index is 0.191. The quantitative estimate of drug-likeness (QED) is 0.259. The number of fused-ring (bicyclic) bond motifs is 2. The molecule has 3 aliphatic rings. The van der Waals surface area contributed by atoms with Crippen molar-refractivity contribution in [1.29, 1.82) is 0 Å². The Hall–Kier alpha value is -4.62. The molecule has 0 amide bonds. The minimum Gasteiger partial charge on any atom is -0.545 e. The van der Waals surface area contributed by atoms with Gasteiger partial charge in [-0.2, -0.15) is 4.58 Å². The predicted octanol–water partition coefficient (Wildman–Crippen LogP) is 8.02. The Labute approximate surface area is 287 Å². The number of carbonyl (C=O) groups is 2. The van der Waals surface area contributed by atoms with Gasteiger partial charge in [0, 0.05) is 51.4 Å². The molecular formula is C41H42N2O4S. The van der Waals surface area contributed by atoms with E-state index in [1.54, 1.807) is 36.0 Å². The highest BCUT2D eigenvalue weighted by Gasteiger charge is 2.43. The van der Waals surface area contributed by atoms with Crippen LogP contribution in [0.2, 0.25) is 0 Å². The number of likely N-dealkylation sites (N-methyl/N-ethyl adjacent to an activating group) is 1. The molecule has 3 aromatic carbocycles. The number of anilines is 1. The van der Waals surface area contributed by atoms with Crippen LogP contribution in [0.25, 0.3) is 0 Å². The summed E-state index contributed by atoms with van der Waals surface area (Å²) in [5, 5.41) is 21.3. The van der Waals surface area contributed by atoms with E-state index in [9.17, 15) is 19.8 Å². The van der Waals surface area contributed by atoms with Crippen molar-refractivity contribution in [3.8, 4) is 0 Å². The monoisotopic (exact) mass is 658 g/mol. The zero-order valence-corrected chi connectivity index (χ0v) is 29.4. The highest BCUT2D eigenvalue weighted by Crippen LogP contribution is 2.49. The average molecular weight is 659 g/mol. The van der Waals surface area contributed by atoms with Crippen LogP contribution in [0, 0.1) is 5.92 Å². The lowest BCUT2D eigenvalue weighted by Gasteiger charge is -2.27. The smallest absolute Gasteiger partial charge is 0.335 e. The van der Waals surface area contributed by atoms with Crippen molar-refractivity contribution in [1.82, 2.24) is 0 Å². The summed E-state index contributed by atoms with van der Waals surface area (Å²) in [6.45, 7) is 10.9. The molecule has 3 aromatic rings. The zero-order valence-electron chi connectivity index (χ0n) is 28.6. The summed E-state index contributed by atoms with van der Waals surface area (Å²) in [6.07, 6.45) is 10.8. The van der Waals surface area contributed by atoms with E-state index < -0.39 is 17.4 Å². The molecular weight excluding hydrogens is 617 g/mol. The minimum atomic E-state index is -1.17. The number of thioether (sulfide) groups is 1. The first-order chi connectivity index (χ1) is 22.7. The van der Waals surface area contributed by atoms with Crippen LogP contribution in [-0.4, -0.2) is 41.4 Å². The predicted molar refractivity (Wildman–Crippen MR) is 193 cm³/mol. The van der Waals surface area contributed by atoms with Crippen molar-refractivity contribution in [2.24, 2.45) is 5.92 Å². The van der Waals surface area contributed by atoms with Crippen LogP contribution in [0.1, 0.15) is 79.3 Å². The van der Waals surface area contributed by atoms with Crippen LogP contribution >= 0.6 is 11.8 Å². The third-order valence-electron chi connectivity index (χ3n) is 10.1. The lowest BCUT2D eigenvalue weighted by atomic mass is 9.80. The van der Waals surface area contributed by atoms with Gasteiger partial charge >= 0.3 is 5.97 Å². The van der Waals surface area contributed by atoms with Gasteiger partial charge in [-0.1, -0.05) is 62.9 Å². The maximum Gasteiger partial charge on any atom is 0.335 e. The fourth-order valence-electron chi connectivity index (χ4n) is 7.53. The normalized spacial score (nSPS) is 21.4. The third-order valence-corrected chi connectivity index (χ3v) is 11.4. The molecule has 246 valence electrons. The van der Waals surface area contributed by atoms with E-state index in [1.807, 2.05) is 25.2 Å². The molecule has 48 heavy (non-hydrogen) atoms. The first kappa shape index (κ1) is 33.3. The second-order valence-corrected chi connectivity index (χ2v) is 15.3. The molecule has 0 fully saturated rings. The molecule has 0 aromatic heterocycles. The van der Waals surface area contributed by atoms with E-state index in [1.165, 1.54) is 20.9 Å². The summed E-state index contributed by atoms with van der Waals surface area (Å²) in [4.78, 5) is 28.0. The molecule has 2 heterocycles. The molecule has 1 unspecified atom stereocenters. The largest absolute Gasteiger partial charge is 0.545 e. The van der Waals surface area contributed by atoms with Gasteiger partial charge in [-0.25, -0.2) is 4.79 Å². The number of allylic oxidation sites excluding steroid dienone is 7. The number of carboxylic acid groups (broad SMARTS) is 2. The van der Waals surface area contributed by atoms with Crippen LogP contribution in [0.4, 0.5) is 11.4 Å². The summed E-state index contributed by atoms with van der Waals surface area (Å²) in [5.41, 5.74) is 8.50. The van der Waals surface area contributed by atoms with Crippen LogP contribution < -0.4 is 10.0 Å². The third kappa shape index (κ3) is 5.85. The molecule has 0 bridgehead atoms. The number of hydrogen-bond acceptors (Lipinski definition) is 5. The van der Waals surface area contributed by atoms with Gasteiger partial charge in [0.2, 0.25) is 5.69 Å². The molecule has 0 saturated heterocycles. The molecule has 6 nitrogen and oxygen atoms in total. The maximum absolute atomic E-state index is 11.8. The van der Waals surface area contributed by atoms with E-state index in [4.69, 9.17) is 0 Å². The molecule has 6 rings (SSSR count). The number of nitrogens with zero attached hydrogens (tertiary/aromatic N) is 2. The Morgan fingerprint density at radius 3 is 2.29 bits per heavy atom. The summed E-state index contributed by atoms with van der Waals surface area (Å²) in [5.74, 6) is -1.66. The molecule has 7 heteroatoms. The van der Waals surface area contributed by atoms with Gasteiger partial charge in [0.1, 0.15) is 7.05 Å². The fraction of sp³-hybridized carbons (Fsp3) is 0.293. The van der Waals surface area contributed by atoms with Gasteiger partial charge in [0.25, 0.3) is 0 Å². The van der Waals surface area contributed by atoms with Crippen LogP contribution in [0.3, 0.4) is 0 Å². The van der Waals surface area contributed by atoms with Gasteiger partial charge < -0.3 is 19.9 Å². The van der Waals surface area contributed by atoms with Crippen LogP contribution in [0.5, 0.6) is 0 Å². The topological polar surface area (TPSA) is 83.7 Å². The van der Waals surface area contributed by atoms with Gasteiger partial charge in [-0.05, 0) is 103 Å². The van der Waals surface area contributed by atoms with Crippen molar-refractivity contribution < 1.29 is 24.4 Å². The lowest BCUT2D eigenvalue weighted by molar-refractivity contribution is -0.401. The first-order valence-electron chi connectivity index (χ1n) is 16.3. The van der Waals surface area contributed by atoms with Crippen molar-refractivity contribution >= 4 is 40.8 Å². The van der Waals surface area contributed by atoms with Crippen molar-refractivity contribution in [2.45, 2.75) is 63.2 Å². The van der Waals surface area contributed by atoms with E-state index in [2.05, 4.69) is 99.7 Å². The molecule has 1 N–H and O–H groups in total. The molecule has 1 aliphatic carbocycles. The zero-order chi connectivity index (χ0) is 34.5. The molecule has 0 saturated carbocycles.